The van der Waals surface area contributed by atoms with E-state index in [1.54, 1.807) is 7.11 Å². The van der Waals surface area contributed by atoms with Crippen LogP contribution in [0.1, 0.15) is 45.2 Å². The van der Waals surface area contributed by atoms with Gasteiger partial charge in [0.05, 0.1) is 12.2 Å². The molecular weight excluding hydrogens is 240 g/mol. The number of ether oxygens (including phenoxy) is 2. The molecule has 0 radical (unpaired) electrons. The maximum Gasteiger partial charge on any atom is 0.119 e. The van der Waals surface area contributed by atoms with Gasteiger partial charge in [0.15, 0.2) is 0 Å². The smallest absolute Gasteiger partial charge is 0.119 e. The average molecular weight is 266 g/mol. The van der Waals surface area contributed by atoms with Crippen molar-refractivity contribution in [1.82, 2.24) is 5.43 Å². The lowest BCUT2D eigenvalue weighted by Gasteiger charge is -2.19. The minimum Gasteiger partial charge on any atom is -0.491 e. The lowest BCUT2D eigenvalue weighted by molar-refractivity contribution is 0.106. The first-order valence-corrected chi connectivity index (χ1v) is 6.82. The number of methoxy groups -OCH3 is 1. The summed E-state index contributed by atoms with van der Waals surface area (Å²) in [5.41, 5.74) is 4.03. The molecule has 2 unspecified atom stereocenters. The van der Waals surface area contributed by atoms with Crippen LogP contribution in [0.5, 0.6) is 5.75 Å². The van der Waals surface area contributed by atoms with Crippen LogP contribution in [0.25, 0.3) is 0 Å². The molecule has 1 aromatic carbocycles. The summed E-state index contributed by atoms with van der Waals surface area (Å²) < 4.78 is 10.9. The standard InChI is InChI=1S/C15H26N2O2/c1-11(2)19-14-8-6-13(7-9-14)15(17-16)10-5-12(3)18-4/h6-9,11-12,15,17H,5,10,16H2,1-4H3. The van der Waals surface area contributed by atoms with E-state index in [4.69, 9.17) is 15.3 Å². The third-order valence-corrected chi connectivity index (χ3v) is 3.12. The van der Waals surface area contributed by atoms with Gasteiger partial charge >= 0.3 is 0 Å². The highest BCUT2D eigenvalue weighted by molar-refractivity contribution is 5.29. The highest BCUT2D eigenvalue weighted by Gasteiger charge is 2.11. The summed E-state index contributed by atoms with van der Waals surface area (Å²) in [5.74, 6) is 6.52. The third kappa shape index (κ3) is 5.59. The van der Waals surface area contributed by atoms with Crippen LogP contribution in [-0.4, -0.2) is 19.3 Å². The molecule has 4 heteroatoms. The van der Waals surface area contributed by atoms with E-state index >= 15 is 0 Å². The minimum atomic E-state index is 0.144. The summed E-state index contributed by atoms with van der Waals surface area (Å²) in [4.78, 5) is 0. The van der Waals surface area contributed by atoms with Gasteiger partial charge in [-0.15, -0.1) is 0 Å². The molecule has 0 aliphatic carbocycles. The number of hydrazine groups is 1. The number of benzene rings is 1. The van der Waals surface area contributed by atoms with Crippen molar-refractivity contribution in [3.8, 4) is 5.75 Å². The predicted octanol–water partition coefficient (Wildman–Crippen LogP) is 2.79. The van der Waals surface area contributed by atoms with Crippen molar-refractivity contribution in [2.45, 2.75) is 51.9 Å². The summed E-state index contributed by atoms with van der Waals surface area (Å²) in [6.07, 6.45) is 2.35. The van der Waals surface area contributed by atoms with E-state index in [-0.39, 0.29) is 18.2 Å². The van der Waals surface area contributed by atoms with Crippen LogP contribution < -0.4 is 16.0 Å². The van der Waals surface area contributed by atoms with Crippen LogP contribution in [0, 0.1) is 0 Å². The topological polar surface area (TPSA) is 56.5 Å². The van der Waals surface area contributed by atoms with Gasteiger partial charge in [0.1, 0.15) is 5.75 Å². The zero-order valence-corrected chi connectivity index (χ0v) is 12.3. The second kappa shape index (κ2) is 8.15. The lowest BCUT2D eigenvalue weighted by atomic mass is 10.0. The summed E-state index contributed by atoms with van der Waals surface area (Å²) in [6, 6.07) is 8.23. The quantitative estimate of drug-likeness (QED) is 0.561. The molecule has 0 spiro atoms. The number of rotatable bonds is 8. The average Bonchev–Trinajstić information content (AvgIpc) is 2.40. The summed E-state index contributed by atoms with van der Waals surface area (Å²) in [5, 5.41) is 0. The van der Waals surface area contributed by atoms with Crippen LogP contribution >= 0.6 is 0 Å². The van der Waals surface area contributed by atoms with Gasteiger partial charge in [0.2, 0.25) is 0 Å². The second-order valence-electron chi connectivity index (χ2n) is 5.08. The molecule has 0 aromatic heterocycles. The SMILES string of the molecule is COC(C)CCC(NN)c1ccc(OC(C)C)cc1. The molecule has 0 bridgehead atoms. The molecule has 0 fully saturated rings. The Hall–Kier alpha value is -1.10. The summed E-state index contributed by atoms with van der Waals surface area (Å²) in [6.45, 7) is 6.10. The molecule has 0 heterocycles. The molecule has 4 nitrogen and oxygen atoms in total. The Labute approximate surface area is 116 Å². The van der Waals surface area contributed by atoms with Crippen LogP contribution in [0.15, 0.2) is 24.3 Å². The Morgan fingerprint density at radius 2 is 1.74 bits per heavy atom. The molecule has 0 aliphatic rings. The lowest BCUT2D eigenvalue weighted by Crippen LogP contribution is -2.28. The summed E-state index contributed by atoms with van der Waals surface area (Å²) >= 11 is 0. The zero-order chi connectivity index (χ0) is 14.3. The molecule has 3 N–H and O–H groups in total. The van der Waals surface area contributed by atoms with Crippen LogP contribution in [-0.2, 0) is 4.74 Å². The van der Waals surface area contributed by atoms with Gasteiger partial charge in [0.25, 0.3) is 0 Å². The van der Waals surface area contributed by atoms with E-state index in [2.05, 4.69) is 24.5 Å². The highest BCUT2D eigenvalue weighted by atomic mass is 16.5. The van der Waals surface area contributed by atoms with Gasteiger partial charge in [-0.05, 0) is 51.3 Å². The van der Waals surface area contributed by atoms with Crippen molar-refractivity contribution in [2.24, 2.45) is 5.84 Å². The molecular formula is C15H26N2O2. The Morgan fingerprint density at radius 1 is 1.11 bits per heavy atom. The van der Waals surface area contributed by atoms with E-state index in [0.29, 0.717) is 0 Å². The first-order chi connectivity index (χ1) is 9.06. The van der Waals surface area contributed by atoms with Crippen molar-refractivity contribution >= 4 is 0 Å². The fraction of sp³-hybridized carbons (Fsp3) is 0.600. The first-order valence-electron chi connectivity index (χ1n) is 6.82. The van der Waals surface area contributed by atoms with Crippen LogP contribution in [0.3, 0.4) is 0 Å². The number of hydrogen-bond acceptors (Lipinski definition) is 4. The van der Waals surface area contributed by atoms with Gasteiger partial charge in [0, 0.05) is 13.2 Å². The molecule has 0 saturated carbocycles. The largest absolute Gasteiger partial charge is 0.491 e. The molecule has 2 atom stereocenters. The van der Waals surface area contributed by atoms with Gasteiger partial charge in [-0.1, -0.05) is 12.1 Å². The Balaban J connectivity index is 2.60. The maximum atomic E-state index is 5.63. The van der Waals surface area contributed by atoms with Gasteiger partial charge in [-0.2, -0.15) is 0 Å². The molecule has 1 aromatic rings. The van der Waals surface area contributed by atoms with Crippen molar-refractivity contribution in [1.29, 1.82) is 0 Å². The van der Waals surface area contributed by atoms with Gasteiger partial charge < -0.3 is 9.47 Å². The molecule has 108 valence electrons. The molecule has 19 heavy (non-hydrogen) atoms. The highest BCUT2D eigenvalue weighted by Crippen LogP contribution is 2.22. The van der Waals surface area contributed by atoms with Crippen molar-refractivity contribution in [3.05, 3.63) is 29.8 Å². The fourth-order valence-corrected chi connectivity index (χ4v) is 1.92. The normalized spacial score (nSPS) is 14.4. The van der Waals surface area contributed by atoms with E-state index in [9.17, 15) is 0 Å². The monoisotopic (exact) mass is 266 g/mol. The molecule has 1 rings (SSSR count). The Morgan fingerprint density at radius 3 is 2.21 bits per heavy atom. The van der Waals surface area contributed by atoms with Crippen molar-refractivity contribution < 1.29 is 9.47 Å². The van der Waals surface area contributed by atoms with Gasteiger partial charge in [-0.3, -0.25) is 11.3 Å². The van der Waals surface area contributed by atoms with Crippen LogP contribution in [0.2, 0.25) is 0 Å². The summed E-state index contributed by atoms with van der Waals surface area (Å²) in [7, 11) is 1.73. The zero-order valence-electron chi connectivity index (χ0n) is 12.3. The molecule has 0 amide bonds. The van der Waals surface area contributed by atoms with Crippen LogP contribution in [0.4, 0.5) is 0 Å². The predicted molar refractivity (Wildman–Crippen MR) is 78.0 cm³/mol. The molecule has 0 aliphatic heterocycles. The van der Waals surface area contributed by atoms with Gasteiger partial charge in [-0.25, -0.2) is 0 Å². The van der Waals surface area contributed by atoms with E-state index in [0.717, 1.165) is 18.6 Å². The minimum absolute atomic E-state index is 0.144. The Kier molecular flexibility index (Phi) is 6.84. The number of hydrogen-bond donors (Lipinski definition) is 2. The number of nitrogens with two attached hydrogens (primary N) is 1. The number of nitrogens with one attached hydrogen (secondary N) is 1. The van der Waals surface area contributed by atoms with E-state index in [1.165, 1.54) is 5.56 Å². The fourth-order valence-electron chi connectivity index (χ4n) is 1.92. The first kappa shape index (κ1) is 16.0. The Bertz CT molecular complexity index is 352. The molecule has 0 saturated heterocycles. The van der Waals surface area contributed by atoms with E-state index in [1.807, 2.05) is 26.0 Å². The third-order valence-electron chi connectivity index (χ3n) is 3.12. The second-order valence-corrected chi connectivity index (χ2v) is 5.08. The van der Waals surface area contributed by atoms with Crippen molar-refractivity contribution in [3.63, 3.8) is 0 Å². The maximum absolute atomic E-state index is 5.63. The van der Waals surface area contributed by atoms with E-state index < -0.39 is 0 Å². The van der Waals surface area contributed by atoms with Crippen molar-refractivity contribution in [2.75, 3.05) is 7.11 Å².